The van der Waals surface area contributed by atoms with Gasteiger partial charge in [0.05, 0.1) is 16.6 Å². The zero-order valence-electron chi connectivity index (χ0n) is 16.5. The minimum absolute atomic E-state index is 0.108. The Labute approximate surface area is 174 Å². The summed E-state index contributed by atoms with van der Waals surface area (Å²) in [4.78, 5) is 23.2. The van der Waals surface area contributed by atoms with E-state index in [1.165, 1.54) is 6.07 Å². The number of ether oxygens (including phenoxy) is 2. The van der Waals surface area contributed by atoms with Crippen molar-refractivity contribution >= 4 is 11.7 Å². The van der Waals surface area contributed by atoms with Crippen molar-refractivity contribution in [2.75, 3.05) is 0 Å². The summed E-state index contributed by atoms with van der Waals surface area (Å²) in [7, 11) is 0. The van der Waals surface area contributed by atoms with Crippen LogP contribution in [0.4, 0.5) is 5.69 Å². The van der Waals surface area contributed by atoms with Gasteiger partial charge in [0.15, 0.2) is 5.75 Å². The van der Waals surface area contributed by atoms with Gasteiger partial charge in [-0.15, -0.1) is 6.58 Å². The molecule has 0 aliphatic heterocycles. The Morgan fingerprint density at radius 3 is 2.37 bits per heavy atom. The Hall–Kier alpha value is -3.93. The van der Waals surface area contributed by atoms with Gasteiger partial charge in [-0.2, -0.15) is 0 Å². The molecule has 1 unspecified atom stereocenters. The molecular formula is C24H21NO5. The molecule has 0 amide bonds. The maximum Gasteiger partial charge on any atom is 0.343 e. The third-order valence-electron chi connectivity index (χ3n) is 4.39. The molecule has 3 rings (SSSR count). The van der Waals surface area contributed by atoms with Crippen molar-refractivity contribution in [3.63, 3.8) is 0 Å². The van der Waals surface area contributed by atoms with Gasteiger partial charge in [-0.25, -0.2) is 4.79 Å². The monoisotopic (exact) mass is 403 g/mol. The predicted octanol–water partition coefficient (Wildman–Crippen LogP) is 5.82. The predicted molar refractivity (Wildman–Crippen MR) is 115 cm³/mol. The lowest BCUT2D eigenvalue weighted by Gasteiger charge is -2.13. The second kappa shape index (κ2) is 9.52. The number of nitro benzene ring substituents is 1. The number of rotatable bonds is 8. The molecule has 0 aliphatic carbocycles. The van der Waals surface area contributed by atoms with E-state index in [1.54, 1.807) is 66.7 Å². The van der Waals surface area contributed by atoms with Crippen molar-refractivity contribution in [1.82, 2.24) is 0 Å². The van der Waals surface area contributed by atoms with Crippen LogP contribution in [-0.2, 0) is 0 Å². The van der Waals surface area contributed by atoms with Crippen molar-refractivity contribution in [3.8, 4) is 22.6 Å². The first-order chi connectivity index (χ1) is 14.5. The van der Waals surface area contributed by atoms with Gasteiger partial charge in [0.1, 0.15) is 5.75 Å². The molecule has 0 aliphatic rings. The molecule has 0 saturated carbocycles. The molecule has 0 bridgehead atoms. The fourth-order valence-electron chi connectivity index (χ4n) is 2.89. The summed E-state index contributed by atoms with van der Waals surface area (Å²) in [5.74, 6) is 0.154. The zero-order chi connectivity index (χ0) is 21.5. The van der Waals surface area contributed by atoms with Crippen LogP contribution >= 0.6 is 0 Å². The van der Waals surface area contributed by atoms with E-state index in [0.717, 1.165) is 5.56 Å². The molecule has 6 nitrogen and oxygen atoms in total. The second-order valence-electron chi connectivity index (χ2n) is 6.67. The molecule has 0 radical (unpaired) electrons. The molecule has 3 aromatic carbocycles. The highest BCUT2D eigenvalue weighted by molar-refractivity contribution is 5.91. The molecule has 0 heterocycles. The fraction of sp³-hybridized carbons (Fsp3) is 0.125. The van der Waals surface area contributed by atoms with Crippen molar-refractivity contribution in [1.29, 1.82) is 0 Å². The SMILES string of the molecule is C=CCC(C)Oc1ccc(-c2ccc(OC(=O)c3ccccc3)cc2)cc1[N+](=O)[O-]. The van der Waals surface area contributed by atoms with E-state index >= 15 is 0 Å². The van der Waals surface area contributed by atoms with E-state index in [0.29, 0.717) is 23.3 Å². The van der Waals surface area contributed by atoms with Crippen LogP contribution in [0.3, 0.4) is 0 Å². The highest BCUT2D eigenvalue weighted by atomic mass is 16.6. The summed E-state index contributed by atoms with van der Waals surface area (Å²) in [5, 5.41) is 11.5. The van der Waals surface area contributed by atoms with E-state index in [-0.39, 0.29) is 17.5 Å². The summed E-state index contributed by atoms with van der Waals surface area (Å²) < 4.78 is 11.0. The normalized spacial score (nSPS) is 11.4. The van der Waals surface area contributed by atoms with Crippen LogP contribution in [0.5, 0.6) is 11.5 Å². The van der Waals surface area contributed by atoms with Crippen LogP contribution in [-0.4, -0.2) is 17.0 Å². The van der Waals surface area contributed by atoms with Gasteiger partial charge >= 0.3 is 11.7 Å². The molecule has 30 heavy (non-hydrogen) atoms. The Kier molecular flexibility index (Phi) is 6.60. The minimum atomic E-state index is -0.463. The lowest BCUT2D eigenvalue weighted by atomic mass is 10.0. The van der Waals surface area contributed by atoms with Crippen molar-refractivity contribution in [3.05, 3.63) is 101 Å². The summed E-state index contributed by atoms with van der Waals surface area (Å²) in [5.41, 5.74) is 1.76. The highest BCUT2D eigenvalue weighted by Gasteiger charge is 2.18. The average Bonchev–Trinajstić information content (AvgIpc) is 2.75. The van der Waals surface area contributed by atoms with Gasteiger partial charge in [-0.3, -0.25) is 10.1 Å². The first-order valence-electron chi connectivity index (χ1n) is 9.41. The molecular weight excluding hydrogens is 382 g/mol. The van der Waals surface area contributed by atoms with Gasteiger partial charge in [0.2, 0.25) is 0 Å². The maximum absolute atomic E-state index is 12.1. The van der Waals surface area contributed by atoms with Gasteiger partial charge in [-0.05, 0) is 48.4 Å². The molecule has 3 aromatic rings. The quantitative estimate of drug-likeness (QED) is 0.156. The number of benzene rings is 3. The smallest absolute Gasteiger partial charge is 0.343 e. The number of carbonyl (C=O) groups is 1. The molecule has 1 atom stereocenters. The van der Waals surface area contributed by atoms with E-state index < -0.39 is 10.9 Å². The molecule has 0 spiro atoms. The fourth-order valence-corrected chi connectivity index (χ4v) is 2.89. The summed E-state index contributed by atoms with van der Waals surface area (Å²) in [6, 6.07) is 20.3. The maximum atomic E-state index is 12.1. The Morgan fingerprint density at radius 1 is 1.07 bits per heavy atom. The van der Waals surface area contributed by atoms with Crippen LogP contribution < -0.4 is 9.47 Å². The average molecular weight is 403 g/mol. The Bertz CT molecular complexity index is 1040. The largest absolute Gasteiger partial charge is 0.483 e. The number of nitrogens with zero attached hydrogens (tertiary/aromatic N) is 1. The third-order valence-corrected chi connectivity index (χ3v) is 4.39. The number of hydrogen-bond donors (Lipinski definition) is 0. The minimum Gasteiger partial charge on any atom is -0.483 e. The van der Waals surface area contributed by atoms with E-state index in [1.807, 2.05) is 13.0 Å². The molecule has 0 fully saturated rings. The first kappa shape index (κ1) is 20.8. The summed E-state index contributed by atoms with van der Waals surface area (Å²) in [6.45, 7) is 5.48. The molecule has 0 N–H and O–H groups in total. The van der Waals surface area contributed by atoms with E-state index in [4.69, 9.17) is 9.47 Å². The highest BCUT2D eigenvalue weighted by Crippen LogP contribution is 2.34. The van der Waals surface area contributed by atoms with Crippen molar-refractivity contribution in [2.45, 2.75) is 19.4 Å². The molecule has 6 heteroatoms. The molecule has 0 aromatic heterocycles. The summed E-state index contributed by atoms with van der Waals surface area (Å²) >= 11 is 0. The number of carbonyl (C=O) groups excluding carboxylic acids is 1. The topological polar surface area (TPSA) is 78.7 Å². The van der Waals surface area contributed by atoms with Crippen molar-refractivity contribution in [2.24, 2.45) is 0 Å². The Morgan fingerprint density at radius 2 is 1.73 bits per heavy atom. The first-order valence-corrected chi connectivity index (χ1v) is 9.41. The zero-order valence-corrected chi connectivity index (χ0v) is 16.5. The van der Waals surface area contributed by atoms with Crippen LogP contribution in [0.1, 0.15) is 23.7 Å². The summed E-state index contributed by atoms with van der Waals surface area (Å²) in [6.07, 6.45) is 2.07. The van der Waals surface area contributed by atoms with E-state index in [9.17, 15) is 14.9 Å². The van der Waals surface area contributed by atoms with Crippen LogP contribution in [0.25, 0.3) is 11.1 Å². The lowest BCUT2D eigenvalue weighted by Crippen LogP contribution is -2.11. The standard InChI is InChI=1S/C24H21NO5/c1-3-7-17(2)29-23-15-12-20(16-22(23)25(27)28)18-10-13-21(14-11-18)30-24(26)19-8-5-4-6-9-19/h3-6,8-17H,1,7H2,2H3. The Balaban J connectivity index is 1.78. The molecule has 0 saturated heterocycles. The van der Waals surface area contributed by atoms with Crippen LogP contribution in [0.2, 0.25) is 0 Å². The van der Waals surface area contributed by atoms with Gasteiger partial charge < -0.3 is 9.47 Å². The molecule has 152 valence electrons. The van der Waals surface area contributed by atoms with Crippen LogP contribution in [0, 0.1) is 10.1 Å². The second-order valence-corrected chi connectivity index (χ2v) is 6.67. The van der Waals surface area contributed by atoms with Gasteiger partial charge in [0, 0.05) is 12.5 Å². The number of hydrogen-bond acceptors (Lipinski definition) is 5. The lowest BCUT2D eigenvalue weighted by molar-refractivity contribution is -0.386. The third kappa shape index (κ3) is 5.11. The van der Waals surface area contributed by atoms with Gasteiger partial charge in [-0.1, -0.05) is 42.5 Å². The van der Waals surface area contributed by atoms with Gasteiger partial charge in [0.25, 0.3) is 0 Å². The van der Waals surface area contributed by atoms with E-state index in [2.05, 4.69) is 6.58 Å². The van der Waals surface area contributed by atoms with Crippen molar-refractivity contribution < 1.29 is 19.2 Å². The van der Waals surface area contributed by atoms with Crippen LogP contribution in [0.15, 0.2) is 85.5 Å². The number of nitro groups is 1. The number of esters is 1.